The third kappa shape index (κ3) is 3.21. The number of aromatic nitrogens is 3. The van der Waals surface area contributed by atoms with Crippen LogP contribution in [0.1, 0.15) is 5.56 Å². The monoisotopic (exact) mass is 283 g/mol. The first-order valence-electron chi connectivity index (χ1n) is 5.85. The van der Waals surface area contributed by atoms with Gasteiger partial charge in [-0.2, -0.15) is 4.98 Å². The van der Waals surface area contributed by atoms with Crippen molar-refractivity contribution in [1.82, 2.24) is 18.9 Å². The van der Waals surface area contributed by atoms with Gasteiger partial charge in [-0.25, -0.2) is 17.2 Å². The normalized spacial score (nSPS) is 12.2. The summed E-state index contributed by atoms with van der Waals surface area (Å²) in [5, 5.41) is 7.14. The first-order valence-corrected chi connectivity index (χ1v) is 7.46. The molecular formula is C11H17N5O2S. The minimum atomic E-state index is -3.20. The molecule has 0 aliphatic heterocycles. The van der Waals surface area contributed by atoms with Crippen LogP contribution in [0.25, 0.3) is 5.65 Å². The predicted molar refractivity (Wildman–Crippen MR) is 73.7 cm³/mol. The lowest BCUT2D eigenvalue weighted by atomic mass is 10.3. The zero-order valence-electron chi connectivity index (χ0n) is 11.2. The zero-order valence-corrected chi connectivity index (χ0v) is 12.0. The van der Waals surface area contributed by atoms with Crippen LogP contribution >= 0.6 is 0 Å². The molecule has 2 aromatic heterocycles. The van der Waals surface area contributed by atoms with Crippen LogP contribution in [-0.2, 0) is 10.0 Å². The second kappa shape index (κ2) is 5.14. The molecule has 0 fully saturated rings. The molecule has 0 radical (unpaired) electrons. The predicted octanol–water partition coefficient (Wildman–Crippen LogP) is 0.341. The minimum Gasteiger partial charge on any atom is -0.352 e. The van der Waals surface area contributed by atoms with Gasteiger partial charge in [-0.1, -0.05) is 6.07 Å². The van der Waals surface area contributed by atoms with E-state index in [1.807, 2.05) is 25.3 Å². The lowest BCUT2D eigenvalue weighted by Gasteiger charge is -2.10. The lowest BCUT2D eigenvalue weighted by Crippen LogP contribution is -2.28. The fourth-order valence-corrected chi connectivity index (χ4v) is 2.26. The maximum absolute atomic E-state index is 11.6. The van der Waals surface area contributed by atoms with Gasteiger partial charge in [-0.15, -0.1) is 5.10 Å². The van der Waals surface area contributed by atoms with Gasteiger partial charge < -0.3 is 5.32 Å². The van der Waals surface area contributed by atoms with Gasteiger partial charge in [0.05, 0.1) is 5.75 Å². The first-order chi connectivity index (χ1) is 8.88. The topological polar surface area (TPSA) is 79.6 Å². The molecule has 1 N–H and O–H groups in total. The molecule has 0 saturated heterocycles. The minimum absolute atomic E-state index is 0.00851. The molecule has 8 heteroatoms. The Labute approximate surface area is 112 Å². The summed E-state index contributed by atoms with van der Waals surface area (Å²) >= 11 is 0. The SMILES string of the molecule is Cc1ccc2nc(NCCS(=O)(=O)N(C)C)nn2c1. The van der Waals surface area contributed by atoms with Gasteiger partial charge in [0.25, 0.3) is 0 Å². The molecule has 0 saturated carbocycles. The number of anilines is 1. The quantitative estimate of drug-likeness (QED) is 0.856. The summed E-state index contributed by atoms with van der Waals surface area (Å²) in [4.78, 5) is 4.25. The van der Waals surface area contributed by atoms with Crippen molar-refractivity contribution in [2.75, 3.05) is 31.7 Å². The van der Waals surface area contributed by atoms with Gasteiger partial charge in [-0.05, 0) is 18.6 Å². The Morgan fingerprint density at radius 2 is 2.11 bits per heavy atom. The highest BCUT2D eigenvalue weighted by atomic mass is 32.2. The standard InChI is InChI=1S/C11H17N5O2S/c1-9-4-5-10-13-11(14-16(10)8-9)12-6-7-19(17,18)15(2)3/h4-5,8H,6-7H2,1-3H3,(H,12,14). The number of pyridine rings is 1. The fourth-order valence-electron chi connectivity index (χ4n) is 1.54. The van der Waals surface area contributed by atoms with E-state index in [1.54, 1.807) is 4.52 Å². The number of nitrogens with one attached hydrogen (secondary N) is 1. The van der Waals surface area contributed by atoms with Crippen LogP contribution in [0.4, 0.5) is 5.95 Å². The van der Waals surface area contributed by atoms with Crippen molar-refractivity contribution in [3.05, 3.63) is 23.9 Å². The van der Waals surface area contributed by atoms with Crippen molar-refractivity contribution < 1.29 is 8.42 Å². The number of aryl methyl sites for hydroxylation is 1. The van der Waals surface area contributed by atoms with Gasteiger partial charge in [0.1, 0.15) is 0 Å². The summed E-state index contributed by atoms with van der Waals surface area (Å²) in [6.07, 6.45) is 1.87. The third-order valence-electron chi connectivity index (χ3n) is 2.68. The molecule has 0 aliphatic rings. The summed E-state index contributed by atoms with van der Waals surface area (Å²) in [5.41, 5.74) is 1.81. The Hall–Kier alpha value is -1.67. The van der Waals surface area contributed by atoms with Crippen molar-refractivity contribution in [3.63, 3.8) is 0 Å². The van der Waals surface area contributed by atoms with E-state index < -0.39 is 10.0 Å². The number of rotatable bonds is 5. The van der Waals surface area contributed by atoms with Crippen LogP contribution in [0.2, 0.25) is 0 Å². The molecule has 2 rings (SSSR count). The Morgan fingerprint density at radius 3 is 2.79 bits per heavy atom. The number of nitrogens with zero attached hydrogens (tertiary/aromatic N) is 4. The van der Waals surface area contributed by atoms with Gasteiger partial charge in [-0.3, -0.25) is 0 Å². The van der Waals surface area contributed by atoms with Gasteiger partial charge in [0.15, 0.2) is 5.65 Å². The molecule has 0 spiro atoms. The molecule has 104 valence electrons. The smallest absolute Gasteiger partial charge is 0.243 e. The summed E-state index contributed by atoms with van der Waals surface area (Å²) < 4.78 is 26.0. The Morgan fingerprint density at radius 1 is 1.37 bits per heavy atom. The molecule has 7 nitrogen and oxygen atoms in total. The lowest BCUT2D eigenvalue weighted by molar-refractivity contribution is 0.521. The average Bonchev–Trinajstić information content (AvgIpc) is 2.70. The van der Waals surface area contributed by atoms with E-state index in [4.69, 9.17) is 0 Å². The molecule has 0 atom stereocenters. The number of sulfonamides is 1. The van der Waals surface area contributed by atoms with E-state index in [1.165, 1.54) is 18.4 Å². The maximum atomic E-state index is 11.6. The van der Waals surface area contributed by atoms with Crippen molar-refractivity contribution in [2.24, 2.45) is 0 Å². The van der Waals surface area contributed by atoms with E-state index in [0.29, 0.717) is 5.95 Å². The van der Waals surface area contributed by atoms with Crippen LogP contribution in [0, 0.1) is 6.92 Å². The van der Waals surface area contributed by atoms with Crippen molar-refractivity contribution in [2.45, 2.75) is 6.92 Å². The van der Waals surface area contributed by atoms with Crippen LogP contribution in [0.5, 0.6) is 0 Å². The second-order valence-corrected chi connectivity index (χ2v) is 6.77. The van der Waals surface area contributed by atoms with Crippen LogP contribution in [0.15, 0.2) is 18.3 Å². The number of hydrogen-bond donors (Lipinski definition) is 1. The van der Waals surface area contributed by atoms with Crippen LogP contribution in [0.3, 0.4) is 0 Å². The van der Waals surface area contributed by atoms with Crippen molar-refractivity contribution in [1.29, 1.82) is 0 Å². The zero-order chi connectivity index (χ0) is 14.0. The maximum Gasteiger partial charge on any atom is 0.243 e. The Balaban J connectivity index is 2.03. The van der Waals surface area contributed by atoms with E-state index in [2.05, 4.69) is 15.4 Å². The van der Waals surface area contributed by atoms with E-state index >= 15 is 0 Å². The fraction of sp³-hybridized carbons (Fsp3) is 0.455. The summed E-state index contributed by atoms with van der Waals surface area (Å²) in [7, 11) is -0.166. The van der Waals surface area contributed by atoms with Gasteiger partial charge in [0.2, 0.25) is 16.0 Å². The Bertz CT molecular complexity index is 677. The number of fused-ring (bicyclic) bond motifs is 1. The molecular weight excluding hydrogens is 266 g/mol. The second-order valence-electron chi connectivity index (χ2n) is 4.47. The largest absolute Gasteiger partial charge is 0.352 e. The highest BCUT2D eigenvalue weighted by Gasteiger charge is 2.13. The summed E-state index contributed by atoms with van der Waals surface area (Å²) in [6, 6.07) is 3.81. The van der Waals surface area contributed by atoms with Crippen molar-refractivity contribution in [3.8, 4) is 0 Å². The highest BCUT2D eigenvalue weighted by Crippen LogP contribution is 2.07. The Kier molecular flexibility index (Phi) is 3.72. The highest BCUT2D eigenvalue weighted by molar-refractivity contribution is 7.89. The molecule has 0 bridgehead atoms. The van der Waals surface area contributed by atoms with Gasteiger partial charge in [0, 0.05) is 26.8 Å². The van der Waals surface area contributed by atoms with E-state index in [9.17, 15) is 8.42 Å². The molecule has 2 heterocycles. The first kappa shape index (κ1) is 13.8. The van der Waals surface area contributed by atoms with Crippen molar-refractivity contribution >= 4 is 21.6 Å². The molecule has 0 aliphatic carbocycles. The summed E-state index contributed by atoms with van der Waals surface area (Å²) in [6.45, 7) is 2.24. The molecule has 19 heavy (non-hydrogen) atoms. The van der Waals surface area contributed by atoms with E-state index in [0.717, 1.165) is 11.2 Å². The molecule has 0 amide bonds. The third-order valence-corrected chi connectivity index (χ3v) is 4.51. The number of hydrogen-bond acceptors (Lipinski definition) is 5. The van der Waals surface area contributed by atoms with Crippen LogP contribution < -0.4 is 5.32 Å². The van der Waals surface area contributed by atoms with E-state index in [-0.39, 0.29) is 12.3 Å². The molecule has 2 aromatic rings. The molecule has 0 unspecified atom stereocenters. The van der Waals surface area contributed by atoms with Crippen LogP contribution in [-0.4, -0.2) is 53.7 Å². The average molecular weight is 283 g/mol. The van der Waals surface area contributed by atoms with Gasteiger partial charge >= 0.3 is 0 Å². The summed E-state index contributed by atoms with van der Waals surface area (Å²) in [5.74, 6) is 0.439. The molecule has 0 aromatic carbocycles.